The van der Waals surface area contributed by atoms with Gasteiger partial charge in [-0.3, -0.25) is 5.01 Å². The first-order valence-corrected chi connectivity index (χ1v) is 12.2. The molecule has 0 saturated heterocycles. The van der Waals surface area contributed by atoms with Crippen LogP contribution in [-0.2, 0) is 5.54 Å². The minimum atomic E-state index is -0.690. The van der Waals surface area contributed by atoms with Gasteiger partial charge in [0, 0.05) is 5.56 Å². The van der Waals surface area contributed by atoms with E-state index in [1.54, 1.807) is 0 Å². The quantitative estimate of drug-likeness (QED) is 0.261. The standard InChI is InChI=1S/C31H27N5/c1-3-22-31(36-28-17-11-10-16-27(28)32-34-36)29(24-12-6-4-7-13-24)33-35(26-14-8-5-9-15-26)30(31)25-20-18-23(2)19-21-25/h3-21,30H,1,22H2,2H3/t30-,31-/m1/s1. The minimum absolute atomic E-state index is 0.182. The Bertz CT molecular complexity index is 1540. The third kappa shape index (κ3) is 3.43. The summed E-state index contributed by atoms with van der Waals surface area (Å²) in [6.45, 7) is 6.30. The summed E-state index contributed by atoms with van der Waals surface area (Å²) < 4.78 is 2.07. The molecule has 1 aliphatic heterocycles. The lowest BCUT2D eigenvalue weighted by atomic mass is 9.76. The van der Waals surface area contributed by atoms with Crippen molar-refractivity contribution < 1.29 is 0 Å². The topological polar surface area (TPSA) is 46.3 Å². The van der Waals surface area contributed by atoms with Crippen LogP contribution in [0.4, 0.5) is 5.69 Å². The van der Waals surface area contributed by atoms with Gasteiger partial charge in [-0.2, -0.15) is 5.10 Å². The number of aryl methyl sites for hydroxylation is 1. The molecule has 2 heterocycles. The minimum Gasteiger partial charge on any atom is -0.255 e. The summed E-state index contributed by atoms with van der Waals surface area (Å²) in [7, 11) is 0. The third-order valence-electron chi connectivity index (χ3n) is 6.96. The molecule has 5 heteroatoms. The SMILES string of the molecule is C=CC[C@@]1(n2nnc3ccccc32)C(c2ccccc2)=NN(c2ccccc2)[C@@H]1c1ccc(C)cc1. The smallest absolute Gasteiger partial charge is 0.139 e. The van der Waals surface area contributed by atoms with Crippen LogP contribution >= 0.6 is 0 Å². The summed E-state index contributed by atoms with van der Waals surface area (Å²) in [5.41, 5.74) is 6.51. The number of rotatable bonds is 6. The van der Waals surface area contributed by atoms with E-state index in [4.69, 9.17) is 10.3 Å². The third-order valence-corrected chi connectivity index (χ3v) is 6.96. The van der Waals surface area contributed by atoms with Crippen LogP contribution in [0.1, 0.15) is 29.2 Å². The van der Waals surface area contributed by atoms with Crippen molar-refractivity contribution in [2.45, 2.75) is 24.9 Å². The normalized spacial score (nSPS) is 19.4. The lowest BCUT2D eigenvalue weighted by Crippen LogP contribution is -2.47. The highest BCUT2D eigenvalue weighted by atomic mass is 15.6. The number of anilines is 1. The number of nitrogens with zero attached hydrogens (tertiary/aromatic N) is 5. The first kappa shape index (κ1) is 22.0. The van der Waals surface area contributed by atoms with E-state index >= 15 is 0 Å². The van der Waals surface area contributed by atoms with E-state index in [1.165, 1.54) is 5.56 Å². The van der Waals surface area contributed by atoms with Crippen molar-refractivity contribution in [3.05, 3.63) is 139 Å². The molecule has 0 radical (unpaired) electrons. The molecule has 0 fully saturated rings. The van der Waals surface area contributed by atoms with E-state index < -0.39 is 5.54 Å². The molecule has 5 aromatic rings. The second-order valence-electron chi connectivity index (χ2n) is 9.21. The largest absolute Gasteiger partial charge is 0.255 e. The van der Waals surface area contributed by atoms with Crippen molar-refractivity contribution in [2.75, 3.05) is 5.01 Å². The van der Waals surface area contributed by atoms with Gasteiger partial charge in [-0.25, -0.2) is 4.68 Å². The number of aromatic nitrogens is 3. The van der Waals surface area contributed by atoms with Crippen molar-refractivity contribution in [2.24, 2.45) is 5.10 Å². The maximum Gasteiger partial charge on any atom is 0.139 e. The summed E-state index contributed by atoms with van der Waals surface area (Å²) in [6.07, 6.45) is 2.60. The summed E-state index contributed by atoms with van der Waals surface area (Å²) in [5.74, 6) is 0. The first-order valence-electron chi connectivity index (χ1n) is 12.2. The van der Waals surface area contributed by atoms with E-state index in [1.807, 2.05) is 36.4 Å². The molecule has 176 valence electrons. The molecular weight excluding hydrogens is 442 g/mol. The average Bonchev–Trinajstić information content (AvgIpc) is 3.51. The van der Waals surface area contributed by atoms with Gasteiger partial charge >= 0.3 is 0 Å². The fourth-order valence-electron chi connectivity index (χ4n) is 5.34. The second-order valence-corrected chi connectivity index (χ2v) is 9.21. The number of hydrazone groups is 1. The van der Waals surface area contributed by atoms with Gasteiger partial charge < -0.3 is 0 Å². The van der Waals surface area contributed by atoms with Crippen LogP contribution < -0.4 is 5.01 Å². The number of benzene rings is 4. The van der Waals surface area contributed by atoms with Gasteiger partial charge in [0.25, 0.3) is 0 Å². The summed E-state index contributed by atoms with van der Waals surface area (Å²) in [5, 5.41) is 16.8. The molecule has 0 N–H and O–H groups in total. The Hall–Kier alpha value is -4.51. The molecule has 36 heavy (non-hydrogen) atoms. The van der Waals surface area contributed by atoms with E-state index in [-0.39, 0.29) is 6.04 Å². The Morgan fingerprint density at radius 3 is 2.22 bits per heavy atom. The monoisotopic (exact) mass is 469 g/mol. The van der Waals surface area contributed by atoms with Crippen LogP contribution in [0.2, 0.25) is 0 Å². The summed E-state index contributed by atoms with van der Waals surface area (Å²) >= 11 is 0. The van der Waals surface area contributed by atoms with Crippen molar-refractivity contribution in [1.29, 1.82) is 0 Å². The molecule has 1 aliphatic rings. The highest BCUT2D eigenvalue weighted by Crippen LogP contribution is 2.50. The lowest BCUT2D eigenvalue weighted by Gasteiger charge is -2.39. The fourth-order valence-corrected chi connectivity index (χ4v) is 5.34. The molecule has 0 unspecified atom stereocenters. The number of para-hydroxylation sites is 2. The van der Waals surface area contributed by atoms with Crippen LogP contribution in [0.25, 0.3) is 11.0 Å². The zero-order chi connectivity index (χ0) is 24.5. The Labute approximate surface area is 211 Å². The van der Waals surface area contributed by atoms with E-state index in [2.05, 4.69) is 107 Å². The first-order chi connectivity index (χ1) is 17.7. The summed E-state index contributed by atoms with van der Waals surface area (Å²) in [4.78, 5) is 0. The molecule has 0 bridgehead atoms. The molecule has 0 amide bonds. The predicted octanol–water partition coefficient (Wildman–Crippen LogP) is 6.68. The van der Waals surface area contributed by atoms with Crippen LogP contribution in [0, 0.1) is 6.92 Å². The van der Waals surface area contributed by atoms with Crippen LogP contribution in [0.3, 0.4) is 0 Å². The molecule has 0 aliphatic carbocycles. The van der Waals surface area contributed by atoms with Crippen molar-refractivity contribution in [1.82, 2.24) is 15.0 Å². The highest BCUT2D eigenvalue weighted by Gasteiger charge is 2.55. The number of fused-ring (bicyclic) bond motifs is 1. The van der Waals surface area contributed by atoms with Crippen molar-refractivity contribution >= 4 is 22.4 Å². The Morgan fingerprint density at radius 2 is 1.50 bits per heavy atom. The zero-order valence-corrected chi connectivity index (χ0v) is 20.2. The van der Waals surface area contributed by atoms with Crippen LogP contribution in [-0.4, -0.2) is 20.7 Å². The zero-order valence-electron chi connectivity index (χ0n) is 20.2. The highest BCUT2D eigenvalue weighted by molar-refractivity contribution is 6.09. The van der Waals surface area contributed by atoms with Gasteiger partial charge in [0.2, 0.25) is 0 Å². The molecule has 0 saturated carbocycles. The molecule has 1 aromatic heterocycles. The second kappa shape index (κ2) is 8.93. The average molecular weight is 470 g/mol. The number of hydrogen-bond donors (Lipinski definition) is 0. The lowest BCUT2D eigenvalue weighted by molar-refractivity contribution is 0.316. The van der Waals surface area contributed by atoms with Crippen LogP contribution in [0.15, 0.2) is 127 Å². The van der Waals surface area contributed by atoms with Crippen molar-refractivity contribution in [3.63, 3.8) is 0 Å². The predicted molar refractivity (Wildman–Crippen MR) is 146 cm³/mol. The molecule has 0 spiro atoms. The van der Waals surface area contributed by atoms with Gasteiger partial charge in [0.05, 0.1) is 16.9 Å². The van der Waals surface area contributed by atoms with Gasteiger partial charge in [0.1, 0.15) is 17.1 Å². The molecule has 4 aromatic carbocycles. The Morgan fingerprint density at radius 1 is 0.833 bits per heavy atom. The van der Waals surface area contributed by atoms with E-state index in [9.17, 15) is 0 Å². The maximum atomic E-state index is 5.36. The molecular formula is C31H27N5. The molecule has 2 atom stereocenters. The van der Waals surface area contributed by atoms with Gasteiger partial charge in [-0.05, 0) is 43.2 Å². The Kier molecular flexibility index (Phi) is 5.45. The van der Waals surface area contributed by atoms with E-state index in [0.29, 0.717) is 6.42 Å². The number of allylic oxidation sites excluding steroid dienone is 1. The van der Waals surface area contributed by atoms with Crippen LogP contribution in [0.5, 0.6) is 0 Å². The molecule has 5 nitrogen and oxygen atoms in total. The van der Waals surface area contributed by atoms with E-state index in [0.717, 1.165) is 33.6 Å². The van der Waals surface area contributed by atoms with Gasteiger partial charge in [0.15, 0.2) is 0 Å². The van der Waals surface area contributed by atoms with Gasteiger partial charge in [-0.15, -0.1) is 11.7 Å². The fraction of sp³-hybridized carbons (Fsp3) is 0.129. The van der Waals surface area contributed by atoms with Gasteiger partial charge in [-0.1, -0.05) is 102 Å². The maximum absolute atomic E-state index is 5.36. The van der Waals surface area contributed by atoms with Crippen molar-refractivity contribution in [3.8, 4) is 0 Å². The molecule has 6 rings (SSSR count). The Balaban J connectivity index is 1.71. The number of hydrogen-bond acceptors (Lipinski definition) is 4. The summed E-state index contributed by atoms with van der Waals surface area (Å²) in [6, 6.07) is 37.4.